The molecule has 0 atom stereocenters. The summed E-state index contributed by atoms with van der Waals surface area (Å²) in [6.07, 6.45) is 0. The first-order valence-electron chi connectivity index (χ1n) is 6.31. The van der Waals surface area contributed by atoms with Crippen LogP contribution in [0.1, 0.15) is 21.5 Å². The third kappa shape index (κ3) is 3.29. The van der Waals surface area contributed by atoms with E-state index in [0.717, 1.165) is 5.56 Å². The Morgan fingerprint density at radius 1 is 1.20 bits per heavy atom. The van der Waals surface area contributed by atoms with E-state index in [-0.39, 0.29) is 17.2 Å². The summed E-state index contributed by atoms with van der Waals surface area (Å²) >= 11 is 0. The average molecular weight is 271 g/mol. The predicted octanol–water partition coefficient (Wildman–Crippen LogP) is 2.64. The Balaban J connectivity index is 2.06. The van der Waals surface area contributed by atoms with Gasteiger partial charge in [0.05, 0.1) is 12.7 Å². The molecule has 0 fully saturated rings. The molecular weight excluding hydrogens is 254 g/mol. The molecule has 0 heterocycles. The number of ether oxygens (including phenoxy) is 1. The van der Waals surface area contributed by atoms with Gasteiger partial charge in [0.15, 0.2) is 0 Å². The number of hydrogen-bond donors (Lipinski definition) is 2. The monoisotopic (exact) mass is 271 g/mol. The fraction of sp³-hybridized carbons (Fsp3) is 0.188. The summed E-state index contributed by atoms with van der Waals surface area (Å²) in [4.78, 5) is 12.0. The third-order valence-electron chi connectivity index (χ3n) is 3.02. The smallest absolute Gasteiger partial charge is 0.255 e. The van der Waals surface area contributed by atoms with Crippen LogP contribution in [-0.4, -0.2) is 18.1 Å². The van der Waals surface area contributed by atoms with Gasteiger partial charge in [-0.15, -0.1) is 0 Å². The number of nitrogens with one attached hydrogen (secondary N) is 1. The highest BCUT2D eigenvalue weighted by Crippen LogP contribution is 2.22. The molecule has 4 nitrogen and oxygen atoms in total. The second kappa shape index (κ2) is 6.10. The first-order valence-corrected chi connectivity index (χ1v) is 6.31. The number of carbonyl (C=O) groups is 1. The van der Waals surface area contributed by atoms with Crippen LogP contribution >= 0.6 is 0 Å². The van der Waals surface area contributed by atoms with Gasteiger partial charge in [0, 0.05) is 6.54 Å². The number of carbonyl (C=O) groups excluding carboxylic acids is 1. The normalized spacial score (nSPS) is 10.1. The second-order valence-corrected chi connectivity index (χ2v) is 4.55. The number of amides is 1. The van der Waals surface area contributed by atoms with E-state index in [1.807, 2.05) is 31.2 Å². The highest BCUT2D eigenvalue weighted by molar-refractivity contribution is 5.97. The molecular formula is C16H17NO3. The average Bonchev–Trinajstić information content (AvgIpc) is 2.47. The summed E-state index contributed by atoms with van der Waals surface area (Å²) in [5, 5.41) is 12.5. The van der Waals surface area contributed by atoms with Crippen molar-refractivity contribution in [1.29, 1.82) is 0 Å². The van der Waals surface area contributed by atoms with Crippen molar-refractivity contribution in [3.63, 3.8) is 0 Å². The predicted molar refractivity (Wildman–Crippen MR) is 77.0 cm³/mol. The van der Waals surface area contributed by atoms with Gasteiger partial charge in [-0.2, -0.15) is 0 Å². The van der Waals surface area contributed by atoms with E-state index in [4.69, 9.17) is 4.74 Å². The highest BCUT2D eigenvalue weighted by atomic mass is 16.5. The van der Waals surface area contributed by atoms with Crippen molar-refractivity contribution >= 4 is 5.91 Å². The largest absolute Gasteiger partial charge is 0.507 e. The number of aryl methyl sites for hydroxylation is 1. The van der Waals surface area contributed by atoms with Crippen LogP contribution < -0.4 is 10.1 Å². The number of methoxy groups -OCH3 is 1. The van der Waals surface area contributed by atoms with E-state index in [1.165, 1.54) is 24.8 Å². The zero-order chi connectivity index (χ0) is 14.5. The number of rotatable bonds is 4. The van der Waals surface area contributed by atoms with Gasteiger partial charge in [-0.1, -0.05) is 29.8 Å². The summed E-state index contributed by atoms with van der Waals surface area (Å²) in [5.41, 5.74) is 2.38. The zero-order valence-corrected chi connectivity index (χ0v) is 11.5. The molecule has 0 bridgehead atoms. The van der Waals surface area contributed by atoms with Gasteiger partial charge in [0.25, 0.3) is 5.91 Å². The van der Waals surface area contributed by atoms with Gasteiger partial charge in [-0.25, -0.2) is 0 Å². The fourth-order valence-corrected chi connectivity index (χ4v) is 1.81. The van der Waals surface area contributed by atoms with Crippen LogP contribution in [0.4, 0.5) is 0 Å². The van der Waals surface area contributed by atoms with Gasteiger partial charge < -0.3 is 15.2 Å². The number of phenols is 1. The quantitative estimate of drug-likeness (QED) is 0.898. The molecule has 2 aromatic rings. The molecule has 2 rings (SSSR count). The lowest BCUT2D eigenvalue weighted by molar-refractivity contribution is 0.0948. The van der Waals surface area contributed by atoms with Gasteiger partial charge >= 0.3 is 0 Å². The van der Waals surface area contributed by atoms with E-state index in [2.05, 4.69) is 5.32 Å². The highest BCUT2D eigenvalue weighted by Gasteiger charge is 2.12. The summed E-state index contributed by atoms with van der Waals surface area (Å²) < 4.78 is 5.04. The van der Waals surface area contributed by atoms with Crippen molar-refractivity contribution in [2.75, 3.05) is 7.11 Å². The number of phenolic OH excluding ortho intramolecular Hbond substituents is 1. The molecule has 104 valence electrons. The van der Waals surface area contributed by atoms with E-state index in [9.17, 15) is 9.90 Å². The van der Waals surface area contributed by atoms with Crippen LogP contribution in [0.2, 0.25) is 0 Å². The summed E-state index contributed by atoms with van der Waals surface area (Å²) in [7, 11) is 1.51. The van der Waals surface area contributed by atoms with E-state index in [1.54, 1.807) is 6.07 Å². The summed E-state index contributed by atoms with van der Waals surface area (Å²) in [6.45, 7) is 2.42. The molecule has 0 unspecified atom stereocenters. The molecule has 0 saturated heterocycles. The standard InChI is InChI=1S/C16H17NO3/c1-11-3-5-12(6-4-11)10-17-16(19)14-9-13(20-2)7-8-15(14)18/h3-9,18H,10H2,1-2H3,(H,17,19). The van der Waals surface area contributed by atoms with Crippen LogP contribution in [0.25, 0.3) is 0 Å². The Morgan fingerprint density at radius 3 is 2.55 bits per heavy atom. The maximum Gasteiger partial charge on any atom is 0.255 e. The van der Waals surface area contributed by atoms with Gasteiger partial charge in [-0.3, -0.25) is 4.79 Å². The van der Waals surface area contributed by atoms with Crippen molar-refractivity contribution < 1.29 is 14.6 Å². The van der Waals surface area contributed by atoms with Gasteiger partial charge in [-0.05, 0) is 30.7 Å². The van der Waals surface area contributed by atoms with Crippen LogP contribution in [0.15, 0.2) is 42.5 Å². The van der Waals surface area contributed by atoms with Crippen LogP contribution in [0.5, 0.6) is 11.5 Å². The molecule has 0 aliphatic carbocycles. The second-order valence-electron chi connectivity index (χ2n) is 4.55. The van der Waals surface area contributed by atoms with Crippen LogP contribution in [0.3, 0.4) is 0 Å². The summed E-state index contributed by atoms with van der Waals surface area (Å²) in [5.74, 6) is 0.137. The molecule has 1 amide bonds. The Morgan fingerprint density at radius 2 is 1.90 bits per heavy atom. The minimum absolute atomic E-state index is 0.0628. The fourth-order valence-electron chi connectivity index (χ4n) is 1.81. The molecule has 0 saturated carbocycles. The number of hydrogen-bond acceptors (Lipinski definition) is 3. The van der Waals surface area contributed by atoms with Gasteiger partial charge in [0.1, 0.15) is 11.5 Å². The molecule has 0 aliphatic heterocycles. The number of benzene rings is 2. The van der Waals surface area contributed by atoms with E-state index >= 15 is 0 Å². The van der Waals surface area contributed by atoms with Crippen molar-refractivity contribution in [3.8, 4) is 11.5 Å². The Bertz CT molecular complexity index is 606. The third-order valence-corrected chi connectivity index (χ3v) is 3.02. The molecule has 0 aromatic heterocycles. The molecule has 0 aliphatic rings. The Labute approximate surface area is 118 Å². The topological polar surface area (TPSA) is 58.6 Å². The van der Waals surface area contributed by atoms with E-state index in [0.29, 0.717) is 12.3 Å². The Kier molecular flexibility index (Phi) is 4.25. The molecule has 2 N–H and O–H groups in total. The number of aromatic hydroxyl groups is 1. The van der Waals surface area contributed by atoms with Crippen molar-refractivity contribution in [2.24, 2.45) is 0 Å². The van der Waals surface area contributed by atoms with Crippen LogP contribution in [0, 0.1) is 6.92 Å². The maximum atomic E-state index is 12.0. The van der Waals surface area contributed by atoms with Gasteiger partial charge in [0.2, 0.25) is 0 Å². The minimum Gasteiger partial charge on any atom is -0.507 e. The van der Waals surface area contributed by atoms with Crippen LogP contribution in [-0.2, 0) is 6.54 Å². The molecule has 2 aromatic carbocycles. The van der Waals surface area contributed by atoms with Crippen molar-refractivity contribution in [3.05, 3.63) is 59.2 Å². The Hall–Kier alpha value is -2.49. The zero-order valence-electron chi connectivity index (χ0n) is 11.5. The lowest BCUT2D eigenvalue weighted by Crippen LogP contribution is -2.22. The summed E-state index contributed by atoms with van der Waals surface area (Å²) in [6, 6.07) is 12.5. The van der Waals surface area contributed by atoms with E-state index < -0.39 is 0 Å². The first kappa shape index (κ1) is 13.9. The molecule has 0 radical (unpaired) electrons. The first-order chi connectivity index (χ1) is 9.60. The molecule has 4 heteroatoms. The van der Waals surface area contributed by atoms with Crippen molar-refractivity contribution in [1.82, 2.24) is 5.32 Å². The molecule has 20 heavy (non-hydrogen) atoms. The SMILES string of the molecule is COc1ccc(O)c(C(=O)NCc2ccc(C)cc2)c1. The minimum atomic E-state index is -0.332. The lowest BCUT2D eigenvalue weighted by Gasteiger charge is -2.08. The maximum absolute atomic E-state index is 12.0. The van der Waals surface area contributed by atoms with Crippen molar-refractivity contribution in [2.45, 2.75) is 13.5 Å². The molecule has 0 spiro atoms. The lowest BCUT2D eigenvalue weighted by atomic mass is 10.1.